The Morgan fingerprint density at radius 1 is 1.03 bits per heavy atom. The summed E-state index contributed by atoms with van der Waals surface area (Å²) in [6.07, 6.45) is 2.11. The van der Waals surface area contributed by atoms with Gasteiger partial charge in [-0.05, 0) is 42.2 Å². The third-order valence-corrected chi connectivity index (χ3v) is 5.38. The van der Waals surface area contributed by atoms with Crippen LogP contribution in [0.5, 0.6) is 0 Å². The molecule has 31 heavy (non-hydrogen) atoms. The summed E-state index contributed by atoms with van der Waals surface area (Å²) in [6.45, 7) is 3.40. The van der Waals surface area contributed by atoms with Crippen LogP contribution in [-0.2, 0) is 11.2 Å². The molecule has 0 saturated carbocycles. The van der Waals surface area contributed by atoms with Crippen molar-refractivity contribution in [1.29, 1.82) is 0 Å². The fourth-order valence-corrected chi connectivity index (χ4v) is 3.45. The molecule has 2 aromatic carbocycles. The Labute approximate surface area is 180 Å². The second kappa shape index (κ2) is 9.60. The lowest BCUT2D eigenvalue weighted by Gasteiger charge is -2.19. The van der Waals surface area contributed by atoms with Crippen LogP contribution in [0.15, 0.2) is 54.7 Å². The summed E-state index contributed by atoms with van der Waals surface area (Å²) < 4.78 is 28.5. The molecule has 0 fully saturated rings. The van der Waals surface area contributed by atoms with Crippen molar-refractivity contribution in [1.82, 2.24) is 4.98 Å². The van der Waals surface area contributed by atoms with Crippen molar-refractivity contribution in [3.63, 3.8) is 0 Å². The van der Waals surface area contributed by atoms with Crippen LogP contribution in [0.25, 0.3) is 11.1 Å². The molecule has 1 aromatic heterocycles. The molecule has 6 heteroatoms. The van der Waals surface area contributed by atoms with Crippen molar-refractivity contribution in [2.45, 2.75) is 33.1 Å². The molecule has 160 valence electrons. The molecule has 3 rings (SSSR count). The largest absolute Gasteiger partial charge is 0.313 e. The topological polar surface area (TPSA) is 50.3 Å². The fraction of sp³-hybridized carbons (Fsp3) is 0.240. The van der Waals surface area contributed by atoms with Gasteiger partial charge in [-0.2, -0.15) is 4.39 Å². The first-order chi connectivity index (χ1) is 14.8. The first-order valence-corrected chi connectivity index (χ1v) is 10.1. The van der Waals surface area contributed by atoms with Crippen LogP contribution in [0.2, 0.25) is 0 Å². The Morgan fingerprint density at radius 3 is 2.39 bits per heavy atom. The van der Waals surface area contributed by atoms with Crippen LogP contribution in [0, 0.1) is 18.7 Å². The lowest BCUT2D eigenvalue weighted by Crippen LogP contribution is -2.26. The van der Waals surface area contributed by atoms with Gasteiger partial charge >= 0.3 is 0 Å². The highest BCUT2D eigenvalue weighted by molar-refractivity contribution is 5.97. The molecule has 1 heterocycles. The van der Waals surface area contributed by atoms with Crippen molar-refractivity contribution in [2.24, 2.45) is 0 Å². The van der Waals surface area contributed by atoms with E-state index >= 15 is 0 Å². The zero-order chi connectivity index (χ0) is 22.5. The number of hydrogen-bond acceptors (Lipinski definition) is 3. The first-order valence-electron chi connectivity index (χ1n) is 10.1. The Balaban J connectivity index is 1.76. The van der Waals surface area contributed by atoms with E-state index in [0.717, 1.165) is 5.56 Å². The van der Waals surface area contributed by atoms with E-state index in [-0.39, 0.29) is 30.2 Å². The minimum absolute atomic E-state index is 0.104. The Bertz CT molecular complexity index is 1110. The van der Waals surface area contributed by atoms with E-state index in [1.807, 2.05) is 0 Å². The molecule has 4 nitrogen and oxygen atoms in total. The van der Waals surface area contributed by atoms with E-state index in [1.54, 1.807) is 69.4 Å². The van der Waals surface area contributed by atoms with Crippen LogP contribution in [0.1, 0.15) is 41.3 Å². The molecule has 0 spiro atoms. The van der Waals surface area contributed by atoms with Crippen molar-refractivity contribution >= 4 is 17.4 Å². The van der Waals surface area contributed by atoms with Gasteiger partial charge < -0.3 is 4.90 Å². The standard InChI is InChI=1S/C25H24F2N2O2/c1-4-23(31)29(3)21-13-12-20(16(2)24(21)26)17-7-9-18(10-8-17)22(30)14-11-19-6-5-15-28-25(19)27/h5-10,12-13,15H,4,11,14H2,1-3H3. The summed E-state index contributed by atoms with van der Waals surface area (Å²) in [5, 5.41) is 0. The number of halogens is 2. The van der Waals surface area contributed by atoms with E-state index in [0.29, 0.717) is 28.7 Å². The zero-order valence-electron chi connectivity index (χ0n) is 17.8. The quantitative estimate of drug-likeness (QED) is 0.372. The minimum Gasteiger partial charge on any atom is -0.313 e. The average molecular weight is 422 g/mol. The molecule has 0 unspecified atom stereocenters. The van der Waals surface area contributed by atoms with E-state index in [4.69, 9.17) is 0 Å². The number of Topliss-reactive ketones (excluding diaryl/α,β-unsaturated/α-hetero) is 1. The highest BCUT2D eigenvalue weighted by atomic mass is 19.1. The second-order valence-corrected chi connectivity index (χ2v) is 7.33. The van der Waals surface area contributed by atoms with Crippen LogP contribution in [-0.4, -0.2) is 23.7 Å². The van der Waals surface area contributed by atoms with E-state index in [1.165, 1.54) is 11.1 Å². The van der Waals surface area contributed by atoms with Gasteiger partial charge in [0, 0.05) is 37.2 Å². The third-order valence-electron chi connectivity index (χ3n) is 5.38. The van der Waals surface area contributed by atoms with Gasteiger partial charge in [0.1, 0.15) is 5.82 Å². The van der Waals surface area contributed by atoms with Crippen molar-refractivity contribution in [3.8, 4) is 11.1 Å². The molecule has 0 aliphatic carbocycles. The Hall–Kier alpha value is -3.41. The maximum atomic E-state index is 14.9. The number of aryl methyl sites for hydroxylation is 1. The molecular formula is C25H24F2N2O2. The third kappa shape index (κ3) is 4.85. The minimum atomic E-state index is -0.558. The monoisotopic (exact) mass is 422 g/mol. The number of benzene rings is 2. The van der Waals surface area contributed by atoms with Crippen LogP contribution >= 0.6 is 0 Å². The molecule has 0 atom stereocenters. The number of carbonyl (C=O) groups excluding carboxylic acids is 2. The molecule has 0 aliphatic heterocycles. The number of ketones is 1. The van der Waals surface area contributed by atoms with Gasteiger partial charge in [0.2, 0.25) is 11.9 Å². The number of aromatic nitrogens is 1. The normalized spacial score (nSPS) is 10.7. The zero-order valence-corrected chi connectivity index (χ0v) is 17.8. The molecular weight excluding hydrogens is 398 g/mol. The average Bonchev–Trinajstić information content (AvgIpc) is 2.79. The Morgan fingerprint density at radius 2 is 1.74 bits per heavy atom. The first kappa shape index (κ1) is 22.3. The van der Waals surface area contributed by atoms with Gasteiger partial charge in [0.05, 0.1) is 5.69 Å². The molecule has 0 radical (unpaired) electrons. The summed E-state index contributed by atoms with van der Waals surface area (Å²) in [6, 6.07) is 13.5. The Kier molecular flexibility index (Phi) is 6.90. The SMILES string of the molecule is CCC(=O)N(C)c1ccc(-c2ccc(C(=O)CCc3cccnc3F)cc2)c(C)c1F. The maximum absolute atomic E-state index is 14.9. The number of pyridine rings is 1. The number of hydrogen-bond donors (Lipinski definition) is 0. The predicted octanol–water partition coefficient (Wildman–Crippen LogP) is 5.52. The van der Waals surface area contributed by atoms with E-state index in [2.05, 4.69) is 4.98 Å². The maximum Gasteiger partial charge on any atom is 0.226 e. The van der Waals surface area contributed by atoms with Crippen molar-refractivity contribution < 1.29 is 18.4 Å². The van der Waals surface area contributed by atoms with Gasteiger partial charge in [-0.15, -0.1) is 0 Å². The highest BCUT2D eigenvalue weighted by Gasteiger charge is 2.18. The molecule has 0 saturated heterocycles. The molecule has 1 amide bonds. The van der Waals surface area contributed by atoms with Gasteiger partial charge in [0.15, 0.2) is 5.78 Å². The predicted molar refractivity (Wildman–Crippen MR) is 117 cm³/mol. The lowest BCUT2D eigenvalue weighted by atomic mass is 9.96. The fourth-order valence-electron chi connectivity index (χ4n) is 3.45. The molecule has 0 N–H and O–H groups in total. The van der Waals surface area contributed by atoms with Crippen LogP contribution in [0.3, 0.4) is 0 Å². The molecule has 3 aromatic rings. The van der Waals surface area contributed by atoms with Crippen LogP contribution < -0.4 is 4.90 Å². The number of nitrogens with zero attached hydrogens (tertiary/aromatic N) is 2. The van der Waals surface area contributed by atoms with Crippen molar-refractivity contribution in [3.05, 3.63) is 83.2 Å². The van der Waals surface area contributed by atoms with E-state index < -0.39 is 11.8 Å². The van der Waals surface area contributed by atoms with Crippen molar-refractivity contribution in [2.75, 3.05) is 11.9 Å². The summed E-state index contributed by atoms with van der Waals surface area (Å²) in [5.74, 6) is -1.27. The van der Waals surface area contributed by atoms with E-state index in [9.17, 15) is 18.4 Å². The molecule has 0 aliphatic rings. The number of anilines is 1. The highest BCUT2D eigenvalue weighted by Crippen LogP contribution is 2.31. The number of amides is 1. The van der Waals surface area contributed by atoms with Gasteiger partial charge in [-0.3, -0.25) is 9.59 Å². The summed E-state index contributed by atoms with van der Waals surface area (Å²) >= 11 is 0. The molecule has 0 bridgehead atoms. The number of carbonyl (C=O) groups is 2. The number of rotatable bonds is 7. The summed E-state index contributed by atoms with van der Waals surface area (Å²) in [7, 11) is 1.56. The summed E-state index contributed by atoms with van der Waals surface area (Å²) in [5.41, 5.74) is 3.04. The van der Waals surface area contributed by atoms with Gasteiger partial charge in [-0.1, -0.05) is 43.3 Å². The smallest absolute Gasteiger partial charge is 0.226 e. The van der Waals surface area contributed by atoms with Gasteiger partial charge in [0.25, 0.3) is 0 Å². The second-order valence-electron chi connectivity index (χ2n) is 7.33. The van der Waals surface area contributed by atoms with Crippen LogP contribution in [0.4, 0.5) is 14.5 Å². The summed E-state index contributed by atoms with van der Waals surface area (Å²) in [4.78, 5) is 29.3. The van der Waals surface area contributed by atoms with Gasteiger partial charge in [-0.25, -0.2) is 9.37 Å². The lowest BCUT2D eigenvalue weighted by molar-refractivity contribution is -0.118.